The monoisotopic (exact) mass is 277 g/mol. The average Bonchev–Trinajstić information content (AvgIpc) is 2.82. The van der Waals surface area contributed by atoms with Crippen molar-refractivity contribution in [3.8, 4) is 0 Å². The van der Waals surface area contributed by atoms with Gasteiger partial charge in [-0.05, 0) is 42.4 Å². The summed E-state index contributed by atoms with van der Waals surface area (Å²) < 4.78 is 1.81. The molecule has 1 fully saturated rings. The summed E-state index contributed by atoms with van der Waals surface area (Å²) in [6.07, 6.45) is 4.97. The molecule has 0 amide bonds. The number of carbonyl (C=O) groups is 1. The Morgan fingerprint density at radius 1 is 1.47 bits per heavy atom. The average molecular weight is 277 g/mol. The molecule has 0 radical (unpaired) electrons. The zero-order valence-electron chi connectivity index (χ0n) is 10.5. The maximum Gasteiger partial charge on any atom is 0.337 e. The minimum atomic E-state index is -0.922. The molecular weight excluding hydrogens is 262 g/mol. The van der Waals surface area contributed by atoms with Gasteiger partial charge in [0, 0.05) is 12.6 Å². The smallest absolute Gasteiger partial charge is 0.337 e. The predicted octanol–water partition coefficient (Wildman–Crippen LogP) is 2.11. The Morgan fingerprint density at radius 3 is 3.11 bits per heavy atom. The first-order valence-corrected chi connectivity index (χ1v) is 7.54. The Bertz CT molecular complexity index is 605. The Kier molecular flexibility index (Phi) is 3.42. The first-order chi connectivity index (χ1) is 9.24. The van der Waals surface area contributed by atoms with Crippen LogP contribution >= 0.6 is 11.8 Å². The van der Waals surface area contributed by atoms with Gasteiger partial charge in [-0.1, -0.05) is 0 Å². The molecule has 5 nitrogen and oxygen atoms in total. The molecule has 0 bridgehead atoms. The second kappa shape index (κ2) is 5.21. The number of rotatable bonds is 3. The molecular formula is C13H15N3O2S. The third-order valence-electron chi connectivity index (χ3n) is 3.45. The maximum absolute atomic E-state index is 11.0. The number of fused-ring (bicyclic) bond motifs is 1. The molecule has 1 unspecified atom stereocenters. The van der Waals surface area contributed by atoms with Crippen LogP contribution in [-0.4, -0.2) is 37.2 Å². The van der Waals surface area contributed by atoms with Crippen LogP contribution in [0.1, 0.15) is 29.0 Å². The van der Waals surface area contributed by atoms with Gasteiger partial charge in [-0.15, -0.1) is 10.2 Å². The molecule has 1 N–H and O–H groups in total. The maximum atomic E-state index is 11.0. The van der Waals surface area contributed by atoms with Crippen molar-refractivity contribution in [2.24, 2.45) is 5.92 Å². The molecule has 0 spiro atoms. The Hall–Kier alpha value is -1.56. The molecule has 0 aliphatic carbocycles. The summed E-state index contributed by atoms with van der Waals surface area (Å²) in [6, 6.07) is 3.27. The van der Waals surface area contributed by atoms with Gasteiger partial charge in [0.2, 0.25) is 0 Å². The highest BCUT2D eigenvalue weighted by Gasteiger charge is 2.18. The lowest BCUT2D eigenvalue weighted by Crippen LogP contribution is -2.15. The fourth-order valence-electron chi connectivity index (χ4n) is 2.43. The molecule has 2 aromatic heterocycles. The number of carboxylic acid groups (broad SMARTS) is 1. The minimum Gasteiger partial charge on any atom is -0.478 e. The first kappa shape index (κ1) is 12.5. The van der Waals surface area contributed by atoms with Crippen molar-refractivity contribution in [2.45, 2.75) is 19.3 Å². The normalized spacial score (nSPS) is 19.7. The largest absolute Gasteiger partial charge is 0.478 e. The van der Waals surface area contributed by atoms with Crippen LogP contribution < -0.4 is 0 Å². The zero-order valence-corrected chi connectivity index (χ0v) is 11.3. The van der Waals surface area contributed by atoms with Gasteiger partial charge in [-0.3, -0.25) is 4.40 Å². The van der Waals surface area contributed by atoms with E-state index in [1.807, 2.05) is 16.2 Å². The van der Waals surface area contributed by atoms with Crippen LogP contribution in [0.15, 0.2) is 18.3 Å². The molecule has 3 rings (SSSR count). The van der Waals surface area contributed by atoms with Gasteiger partial charge in [0.25, 0.3) is 0 Å². The summed E-state index contributed by atoms with van der Waals surface area (Å²) in [6.45, 7) is 0. The summed E-state index contributed by atoms with van der Waals surface area (Å²) in [5.41, 5.74) is 0.982. The van der Waals surface area contributed by atoms with Gasteiger partial charge in [-0.2, -0.15) is 11.8 Å². The quantitative estimate of drug-likeness (QED) is 0.930. The number of thioether (sulfide) groups is 1. The Morgan fingerprint density at radius 2 is 2.37 bits per heavy atom. The fraction of sp³-hybridized carbons (Fsp3) is 0.462. The number of pyridine rings is 1. The SMILES string of the molecule is O=C(O)c1ccc2nnc(CC3CCCSC3)n2c1. The van der Waals surface area contributed by atoms with E-state index < -0.39 is 5.97 Å². The van der Waals surface area contributed by atoms with Crippen LogP contribution in [0.4, 0.5) is 0 Å². The molecule has 1 aliphatic heterocycles. The number of aromatic carboxylic acids is 1. The molecule has 1 atom stereocenters. The molecule has 1 saturated heterocycles. The molecule has 3 heterocycles. The van der Waals surface area contributed by atoms with E-state index >= 15 is 0 Å². The molecule has 0 saturated carbocycles. The summed E-state index contributed by atoms with van der Waals surface area (Å²) in [5, 5.41) is 17.3. The topological polar surface area (TPSA) is 67.5 Å². The second-order valence-corrected chi connectivity index (χ2v) is 6.00. The number of carboxylic acids is 1. The van der Waals surface area contributed by atoms with Crippen LogP contribution in [0.3, 0.4) is 0 Å². The third kappa shape index (κ3) is 2.58. The van der Waals surface area contributed by atoms with Gasteiger partial charge < -0.3 is 5.11 Å². The summed E-state index contributed by atoms with van der Waals surface area (Å²) in [5.74, 6) is 2.98. The molecule has 100 valence electrons. The molecule has 0 aromatic carbocycles. The van der Waals surface area contributed by atoms with E-state index in [9.17, 15) is 4.79 Å². The highest BCUT2D eigenvalue weighted by molar-refractivity contribution is 7.99. The lowest BCUT2D eigenvalue weighted by atomic mass is 10.0. The molecule has 6 heteroatoms. The van der Waals surface area contributed by atoms with Crippen LogP contribution in [-0.2, 0) is 6.42 Å². The van der Waals surface area contributed by atoms with Crippen molar-refractivity contribution >= 4 is 23.4 Å². The molecule has 2 aromatic rings. The summed E-state index contributed by atoms with van der Waals surface area (Å²) >= 11 is 1.99. The minimum absolute atomic E-state index is 0.270. The van der Waals surface area contributed by atoms with Gasteiger partial charge in [0.1, 0.15) is 5.82 Å². The summed E-state index contributed by atoms with van der Waals surface area (Å²) in [7, 11) is 0. The lowest BCUT2D eigenvalue weighted by molar-refractivity contribution is 0.0696. The third-order valence-corrected chi connectivity index (χ3v) is 4.73. The van der Waals surface area contributed by atoms with Crippen LogP contribution in [0, 0.1) is 5.92 Å². The second-order valence-electron chi connectivity index (χ2n) is 4.85. The molecule has 19 heavy (non-hydrogen) atoms. The van der Waals surface area contributed by atoms with Gasteiger partial charge in [-0.25, -0.2) is 4.79 Å². The highest BCUT2D eigenvalue weighted by Crippen LogP contribution is 2.25. The number of nitrogens with zero attached hydrogens (tertiary/aromatic N) is 3. The van der Waals surface area contributed by atoms with E-state index in [4.69, 9.17) is 5.11 Å². The van der Waals surface area contributed by atoms with E-state index in [1.54, 1.807) is 18.3 Å². The van der Waals surface area contributed by atoms with Gasteiger partial charge in [0.05, 0.1) is 5.56 Å². The fourth-order valence-corrected chi connectivity index (χ4v) is 3.59. The van der Waals surface area contributed by atoms with Crippen molar-refractivity contribution < 1.29 is 9.90 Å². The highest BCUT2D eigenvalue weighted by atomic mass is 32.2. The van der Waals surface area contributed by atoms with Crippen LogP contribution in [0.5, 0.6) is 0 Å². The lowest BCUT2D eigenvalue weighted by Gasteiger charge is -2.20. The van der Waals surface area contributed by atoms with Crippen molar-refractivity contribution in [1.82, 2.24) is 14.6 Å². The van der Waals surface area contributed by atoms with E-state index in [1.165, 1.54) is 18.6 Å². The van der Waals surface area contributed by atoms with Crippen molar-refractivity contribution in [2.75, 3.05) is 11.5 Å². The van der Waals surface area contributed by atoms with Crippen LogP contribution in [0.25, 0.3) is 5.65 Å². The first-order valence-electron chi connectivity index (χ1n) is 6.39. The number of hydrogen-bond donors (Lipinski definition) is 1. The van der Waals surface area contributed by atoms with E-state index in [0.29, 0.717) is 11.6 Å². The van der Waals surface area contributed by atoms with Crippen molar-refractivity contribution in [1.29, 1.82) is 0 Å². The molecule has 1 aliphatic rings. The Balaban J connectivity index is 1.89. The van der Waals surface area contributed by atoms with Gasteiger partial charge in [0.15, 0.2) is 5.65 Å². The predicted molar refractivity (Wildman–Crippen MR) is 73.7 cm³/mol. The Labute approximate surface area is 115 Å². The van der Waals surface area contributed by atoms with Crippen molar-refractivity contribution in [3.05, 3.63) is 29.7 Å². The standard InChI is InChI=1S/C13H15N3O2S/c17-13(18)10-3-4-11-14-15-12(16(11)7-10)6-9-2-1-5-19-8-9/h3-4,7,9H,1-2,5-6,8H2,(H,17,18). The summed E-state index contributed by atoms with van der Waals surface area (Å²) in [4.78, 5) is 11.0. The van der Waals surface area contributed by atoms with E-state index in [0.717, 1.165) is 18.0 Å². The number of aromatic nitrogens is 3. The van der Waals surface area contributed by atoms with E-state index in [-0.39, 0.29) is 5.56 Å². The van der Waals surface area contributed by atoms with Gasteiger partial charge >= 0.3 is 5.97 Å². The van der Waals surface area contributed by atoms with E-state index in [2.05, 4.69) is 10.2 Å². The zero-order chi connectivity index (χ0) is 13.2. The van der Waals surface area contributed by atoms with Crippen LogP contribution in [0.2, 0.25) is 0 Å². The number of hydrogen-bond acceptors (Lipinski definition) is 4. The van der Waals surface area contributed by atoms with Crippen molar-refractivity contribution in [3.63, 3.8) is 0 Å².